The van der Waals surface area contributed by atoms with Crippen molar-refractivity contribution in [2.45, 2.75) is 190 Å². The number of carbonyl (C=O) groups is 3. The maximum absolute atomic E-state index is 14.2. The lowest BCUT2D eigenvalue weighted by Gasteiger charge is -2.48. The summed E-state index contributed by atoms with van der Waals surface area (Å²) in [5, 5.41) is 85.6. The van der Waals surface area contributed by atoms with E-state index in [1.165, 1.54) is 25.1 Å². The molecule has 2 saturated carbocycles. The predicted molar refractivity (Wildman–Crippen MR) is 265 cm³/mol. The summed E-state index contributed by atoms with van der Waals surface area (Å²) in [4.78, 5) is 51.7. The summed E-state index contributed by atoms with van der Waals surface area (Å²) in [5.74, 6) is -3.23. The highest BCUT2D eigenvalue weighted by Gasteiger charge is 2.54. The molecule has 0 bridgehead atoms. The number of carbonyl (C=O) groups excluding carboxylic acids is 2. The average molecular weight is 1050 g/mol. The second-order valence-electron chi connectivity index (χ2n) is 20.7. The van der Waals surface area contributed by atoms with Gasteiger partial charge in [-0.25, -0.2) is 9.59 Å². The van der Waals surface area contributed by atoms with Crippen molar-refractivity contribution in [2.24, 2.45) is 17.8 Å². The number of fused-ring (bicyclic) bond motifs is 1. The van der Waals surface area contributed by atoms with Crippen LogP contribution in [0.1, 0.15) is 107 Å². The number of non-ortho nitro benzene ring substituents is 1. The standard InChI is InChI=1S/C53H71N5O17/c1-30-24-35(39(60)17-10-9-16-36-28-57(55-54-36)22-11-21-56-23-20-34-26-37(58(68)69)18-19-38(34)56)27-40(47(30)75-52-46(64)45(63)43(61)31(2)70-52)72-53-49(74-51(67)33-14-7-4-8-15-33)48(44(62)42(29-59)73-53)71-41(50(65)66)25-32-12-5-3-6-13-32/h4,7-8,14-15,18-20,23,26,28,30-32,35,40-49,52-53,59,61-64H,3,5-6,9-13,16-17,21-22,24-25,27,29H2,1-2H3,(H,65,66)/t30?,31?,35?,40-,41+,42+,43-,44+,45+,46?,47-,48?,49?,52+,53-/m1/s1. The molecular weight excluding hydrogens is 979 g/mol. The smallest absolute Gasteiger partial charge is 0.338 e. The summed E-state index contributed by atoms with van der Waals surface area (Å²) in [6.07, 6.45) is -7.09. The number of Topliss-reactive ketones (excluding diaryl/α,β-unsaturated/α-hetero) is 1. The number of aliphatic carboxylic acids is 1. The number of aliphatic hydroxyl groups is 5. The molecule has 15 atom stereocenters. The van der Waals surface area contributed by atoms with Gasteiger partial charge < -0.3 is 63.6 Å². The van der Waals surface area contributed by atoms with E-state index in [0.717, 1.165) is 55.1 Å². The first kappa shape index (κ1) is 55.9. The van der Waals surface area contributed by atoms with E-state index in [1.807, 2.05) is 30.0 Å². The molecule has 75 heavy (non-hydrogen) atoms. The van der Waals surface area contributed by atoms with Crippen LogP contribution in [0.25, 0.3) is 10.9 Å². The van der Waals surface area contributed by atoms with E-state index in [4.69, 9.17) is 28.4 Å². The van der Waals surface area contributed by atoms with E-state index in [-0.39, 0.29) is 42.2 Å². The minimum atomic E-state index is -1.69. The largest absolute Gasteiger partial charge is 0.479 e. The zero-order chi connectivity index (χ0) is 53.3. The Morgan fingerprint density at radius 3 is 2.36 bits per heavy atom. The van der Waals surface area contributed by atoms with E-state index in [1.54, 1.807) is 35.0 Å². The van der Waals surface area contributed by atoms with Gasteiger partial charge in [0.15, 0.2) is 24.8 Å². The van der Waals surface area contributed by atoms with Gasteiger partial charge in [-0.15, -0.1) is 5.10 Å². The molecule has 0 spiro atoms. The van der Waals surface area contributed by atoms with Gasteiger partial charge >= 0.3 is 11.9 Å². The number of ketones is 1. The molecule has 0 amide bonds. The Kier molecular flexibility index (Phi) is 19.2. The number of nitro benzene ring substituents is 1. The zero-order valence-corrected chi connectivity index (χ0v) is 42.3. The Hall–Kier alpha value is -5.27. The van der Waals surface area contributed by atoms with Crippen LogP contribution in [0.3, 0.4) is 0 Å². The molecule has 6 N–H and O–H groups in total. The molecule has 410 valence electrons. The first-order valence-corrected chi connectivity index (χ1v) is 26.3. The van der Waals surface area contributed by atoms with Crippen molar-refractivity contribution in [3.63, 3.8) is 0 Å². The van der Waals surface area contributed by atoms with Gasteiger partial charge in [0.25, 0.3) is 5.69 Å². The van der Waals surface area contributed by atoms with Crippen molar-refractivity contribution in [1.29, 1.82) is 0 Å². The third-order valence-corrected chi connectivity index (χ3v) is 15.3. The van der Waals surface area contributed by atoms with Gasteiger partial charge in [-0.05, 0) is 88.0 Å². The lowest BCUT2D eigenvalue weighted by atomic mass is 9.75. The number of ether oxygens (including phenoxy) is 6. The molecule has 4 fully saturated rings. The van der Waals surface area contributed by atoms with Gasteiger partial charge in [0.1, 0.15) is 42.4 Å². The molecule has 2 aliphatic heterocycles. The number of nitro groups is 1. The maximum atomic E-state index is 14.2. The van der Waals surface area contributed by atoms with Crippen LogP contribution in [0.2, 0.25) is 0 Å². The lowest BCUT2D eigenvalue weighted by Crippen LogP contribution is -2.64. The van der Waals surface area contributed by atoms with Crippen LogP contribution in [0.5, 0.6) is 0 Å². The first-order chi connectivity index (χ1) is 36.1. The van der Waals surface area contributed by atoms with Crippen molar-refractivity contribution in [3.05, 3.63) is 88.4 Å². The summed E-state index contributed by atoms with van der Waals surface area (Å²) < 4.78 is 41.4. The molecule has 22 heteroatoms. The molecule has 0 radical (unpaired) electrons. The van der Waals surface area contributed by atoms with Crippen LogP contribution in [0, 0.1) is 27.9 Å². The Bertz CT molecular complexity index is 2520. The fourth-order valence-corrected chi connectivity index (χ4v) is 11.1. The quantitative estimate of drug-likeness (QED) is 0.0261. The van der Waals surface area contributed by atoms with Crippen molar-refractivity contribution in [3.8, 4) is 0 Å². The molecule has 2 aromatic heterocycles. The van der Waals surface area contributed by atoms with Crippen molar-refractivity contribution >= 4 is 34.3 Å². The second kappa shape index (κ2) is 25.7. The molecule has 4 aromatic rings. The summed E-state index contributed by atoms with van der Waals surface area (Å²) >= 11 is 0. The van der Waals surface area contributed by atoms with Gasteiger partial charge in [-0.3, -0.25) is 19.6 Å². The Morgan fingerprint density at radius 1 is 0.853 bits per heavy atom. The molecule has 2 aromatic carbocycles. The average Bonchev–Trinajstić information content (AvgIpc) is 4.04. The summed E-state index contributed by atoms with van der Waals surface area (Å²) in [6.45, 7) is 3.85. The molecule has 22 nitrogen and oxygen atoms in total. The number of aliphatic hydroxyl groups excluding tert-OH is 5. The van der Waals surface area contributed by atoms with E-state index in [0.29, 0.717) is 38.8 Å². The van der Waals surface area contributed by atoms with Crippen molar-refractivity contribution in [2.75, 3.05) is 6.61 Å². The maximum Gasteiger partial charge on any atom is 0.338 e. The van der Waals surface area contributed by atoms with Crippen LogP contribution < -0.4 is 0 Å². The zero-order valence-electron chi connectivity index (χ0n) is 42.3. The van der Waals surface area contributed by atoms with E-state index >= 15 is 0 Å². The first-order valence-electron chi connectivity index (χ1n) is 26.3. The normalized spacial score (nSPS) is 31.0. The number of unbranched alkanes of at least 4 members (excludes halogenated alkanes) is 1. The van der Waals surface area contributed by atoms with E-state index < -0.39 is 115 Å². The highest BCUT2D eigenvalue weighted by Crippen LogP contribution is 2.40. The van der Waals surface area contributed by atoms with Crippen LogP contribution in [0.4, 0.5) is 5.69 Å². The number of carboxylic acids is 1. The minimum Gasteiger partial charge on any atom is -0.479 e. The Labute approximate surface area is 434 Å². The van der Waals surface area contributed by atoms with Gasteiger partial charge in [0.2, 0.25) is 0 Å². The summed E-state index contributed by atoms with van der Waals surface area (Å²) in [5.41, 5.74) is 1.84. The highest BCUT2D eigenvalue weighted by atomic mass is 16.7. The van der Waals surface area contributed by atoms with Gasteiger partial charge in [0.05, 0.1) is 41.1 Å². The van der Waals surface area contributed by atoms with Crippen LogP contribution in [-0.2, 0) is 57.5 Å². The van der Waals surface area contributed by atoms with Gasteiger partial charge in [-0.1, -0.05) is 62.4 Å². The topological polar surface area (TPSA) is 307 Å². The fraction of sp³-hybridized carbons (Fsp3) is 0.642. The van der Waals surface area contributed by atoms with Crippen LogP contribution >= 0.6 is 0 Å². The number of esters is 1. The Morgan fingerprint density at radius 2 is 1.63 bits per heavy atom. The van der Waals surface area contributed by atoms with Crippen LogP contribution in [-0.4, -0.2) is 159 Å². The molecule has 4 aliphatic rings. The summed E-state index contributed by atoms with van der Waals surface area (Å²) in [6, 6.07) is 14.6. The lowest BCUT2D eigenvalue weighted by molar-refractivity contribution is -0.384. The number of aromatic nitrogens is 4. The van der Waals surface area contributed by atoms with Gasteiger partial charge in [-0.2, -0.15) is 0 Å². The molecule has 2 aliphatic carbocycles. The van der Waals surface area contributed by atoms with E-state index in [9.17, 15) is 55.1 Å². The third-order valence-electron chi connectivity index (χ3n) is 15.3. The van der Waals surface area contributed by atoms with Gasteiger partial charge in [0, 0.05) is 60.9 Å². The fourth-order valence-electron chi connectivity index (χ4n) is 11.1. The minimum absolute atomic E-state index is 0.0287. The SMILES string of the molecule is CC1O[C@@H](O[C@@H]2C(C)CC(C(=O)CCCCc3cn(CCCn4ccc5cc([N+](=O)[O-])ccc54)nn3)C[C@H]2O[C@@H]2O[C@@H](CO)[C@H](O)C(O[C@@H](CC3CCCCC3)C(=O)O)C2OC(=O)c2ccccc2)C(O)[C@@H](O)[C@@H]1O. The van der Waals surface area contributed by atoms with Crippen molar-refractivity contribution < 1.29 is 78.4 Å². The molecule has 6 unspecified atom stereocenters. The number of hydrogen-bond acceptors (Lipinski definition) is 18. The van der Waals surface area contributed by atoms with E-state index in [2.05, 4.69) is 10.3 Å². The van der Waals surface area contributed by atoms with Crippen molar-refractivity contribution in [1.82, 2.24) is 19.6 Å². The number of nitrogens with zero attached hydrogens (tertiary/aromatic N) is 5. The molecule has 4 heterocycles. The second-order valence-corrected chi connectivity index (χ2v) is 20.7. The highest BCUT2D eigenvalue weighted by molar-refractivity contribution is 5.89. The summed E-state index contributed by atoms with van der Waals surface area (Å²) in [7, 11) is 0. The molecule has 8 rings (SSSR count). The van der Waals surface area contributed by atoms with Crippen LogP contribution in [0.15, 0.2) is 67.0 Å². The number of rotatable bonds is 23. The third kappa shape index (κ3) is 13.8. The number of hydrogen-bond donors (Lipinski definition) is 6. The number of carboxylic acid groups (broad SMARTS) is 1. The molecular formula is C53H71N5O17. The predicted octanol–water partition coefficient (Wildman–Crippen LogP) is 4.27. The number of benzene rings is 2. The molecule has 2 saturated heterocycles. The Balaban J connectivity index is 0.959. The monoisotopic (exact) mass is 1050 g/mol. The number of aryl methyl sites for hydroxylation is 3.